The predicted octanol–water partition coefficient (Wildman–Crippen LogP) is -0.732. The normalized spacial score (nSPS) is 14.5. The smallest absolute Gasteiger partial charge is 0.333 e. The molecule has 0 aromatic heterocycles. The van der Waals surface area contributed by atoms with Crippen molar-refractivity contribution in [3.63, 3.8) is 0 Å². The van der Waals surface area contributed by atoms with E-state index in [2.05, 4.69) is 0 Å². The summed E-state index contributed by atoms with van der Waals surface area (Å²) in [6, 6.07) is -0.903. The number of hydrogen-bond donors (Lipinski definition) is 4. The zero-order valence-corrected chi connectivity index (χ0v) is 9.46. The van der Waals surface area contributed by atoms with E-state index in [1.165, 1.54) is 23.5 Å². The van der Waals surface area contributed by atoms with Gasteiger partial charge in [-0.15, -0.1) is 23.5 Å². The van der Waals surface area contributed by atoms with Gasteiger partial charge in [-0.05, 0) is 0 Å². The summed E-state index contributed by atoms with van der Waals surface area (Å²) >= 11 is 2.52. The molecule has 2 atom stereocenters. The van der Waals surface area contributed by atoms with Crippen LogP contribution in [0.2, 0.25) is 0 Å². The van der Waals surface area contributed by atoms with Gasteiger partial charge in [0.25, 0.3) is 0 Å². The second-order valence-electron chi connectivity index (χ2n) is 2.66. The average molecular weight is 255 g/mol. The number of nitrogens with two attached hydrogens (primary N) is 1. The number of hydrogen-bond acceptors (Lipinski definition) is 6. The van der Waals surface area contributed by atoms with Crippen LogP contribution in [0.1, 0.15) is 0 Å². The lowest BCUT2D eigenvalue weighted by Gasteiger charge is -2.06. The number of thioether (sulfide) groups is 2. The summed E-state index contributed by atoms with van der Waals surface area (Å²) in [5.74, 6) is -1.95. The number of carbonyl (C=O) groups is 2. The van der Waals surface area contributed by atoms with Gasteiger partial charge in [0.1, 0.15) is 6.04 Å². The molecule has 6 nitrogen and oxygen atoms in total. The maximum atomic E-state index is 10.3. The molecule has 0 saturated heterocycles. The number of aliphatic hydroxyl groups excluding tert-OH is 1. The largest absolute Gasteiger partial charge is 0.480 e. The van der Waals surface area contributed by atoms with E-state index in [9.17, 15) is 9.59 Å². The van der Waals surface area contributed by atoms with Crippen molar-refractivity contribution in [3.8, 4) is 0 Å². The van der Waals surface area contributed by atoms with Gasteiger partial charge < -0.3 is 21.1 Å². The third-order valence-electron chi connectivity index (χ3n) is 1.34. The molecule has 0 fully saturated rings. The van der Waals surface area contributed by atoms with Crippen molar-refractivity contribution < 1.29 is 24.9 Å². The third-order valence-corrected chi connectivity index (χ3v) is 3.82. The van der Waals surface area contributed by atoms with Crippen LogP contribution in [-0.4, -0.2) is 56.0 Å². The van der Waals surface area contributed by atoms with E-state index >= 15 is 0 Å². The van der Waals surface area contributed by atoms with E-state index in [-0.39, 0.29) is 11.5 Å². The highest BCUT2D eigenvalue weighted by molar-refractivity contribution is 8.16. The highest BCUT2D eigenvalue weighted by Crippen LogP contribution is 2.13. The molecule has 0 aliphatic heterocycles. The average Bonchev–Trinajstić information content (AvgIpc) is 2.16. The van der Waals surface area contributed by atoms with Gasteiger partial charge in [0.15, 0.2) is 6.10 Å². The van der Waals surface area contributed by atoms with Crippen LogP contribution in [0.15, 0.2) is 0 Å². The molecule has 0 amide bonds. The van der Waals surface area contributed by atoms with Crippen LogP contribution in [0.25, 0.3) is 0 Å². The first-order valence-corrected chi connectivity index (χ1v) is 6.30. The lowest BCUT2D eigenvalue weighted by atomic mass is 10.4. The Morgan fingerprint density at radius 1 is 1.13 bits per heavy atom. The molecule has 0 rings (SSSR count). The molecule has 0 aliphatic carbocycles. The van der Waals surface area contributed by atoms with Crippen molar-refractivity contribution in [1.82, 2.24) is 0 Å². The molecule has 0 heterocycles. The van der Waals surface area contributed by atoms with Gasteiger partial charge in [-0.3, -0.25) is 4.79 Å². The van der Waals surface area contributed by atoms with Crippen LogP contribution in [0.4, 0.5) is 0 Å². The summed E-state index contributed by atoms with van der Waals surface area (Å²) in [6.07, 6.45) is -1.37. The Hall–Kier alpha value is -0.440. The molecule has 0 aromatic carbocycles. The second kappa shape index (κ2) is 7.80. The second-order valence-corrected chi connectivity index (χ2v) is 5.08. The van der Waals surface area contributed by atoms with Gasteiger partial charge in [-0.25, -0.2) is 4.79 Å². The summed E-state index contributed by atoms with van der Waals surface area (Å²) in [7, 11) is 0. The third kappa shape index (κ3) is 7.48. The monoisotopic (exact) mass is 255 g/mol. The first kappa shape index (κ1) is 14.6. The topological polar surface area (TPSA) is 121 Å². The minimum absolute atomic E-state index is 0.0879. The molecule has 0 bridgehead atoms. The summed E-state index contributed by atoms with van der Waals surface area (Å²) in [6.45, 7) is 0. The van der Waals surface area contributed by atoms with E-state index in [1.54, 1.807) is 0 Å². The van der Waals surface area contributed by atoms with Crippen molar-refractivity contribution in [3.05, 3.63) is 0 Å². The Labute approximate surface area is 95.2 Å². The maximum Gasteiger partial charge on any atom is 0.333 e. The van der Waals surface area contributed by atoms with Crippen molar-refractivity contribution in [2.45, 2.75) is 12.1 Å². The van der Waals surface area contributed by atoms with Crippen LogP contribution < -0.4 is 5.73 Å². The van der Waals surface area contributed by atoms with E-state index in [4.69, 9.17) is 21.1 Å². The molecule has 8 heteroatoms. The van der Waals surface area contributed by atoms with Crippen LogP contribution in [0, 0.1) is 0 Å². The Balaban J connectivity index is 3.40. The molecule has 0 aliphatic rings. The standard InChI is InChI=1S/C7H13NO5S2/c8-4(6(10)11)1-14-3-15-2-5(9)7(12)13/h4-5,9H,1-3,8H2,(H,10,11)(H,12,13). The molecule has 2 unspecified atom stereocenters. The van der Waals surface area contributed by atoms with E-state index < -0.39 is 24.1 Å². The lowest BCUT2D eigenvalue weighted by Crippen LogP contribution is -2.32. The van der Waals surface area contributed by atoms with E-state index in [1.807, 2.05) is 0 Å². The summed E-state index contributed by atoms with van der Waals surface area (Å²) in [4.78, 5) is 20.5. The highest BCUT2D eigenvalue weighted by atomic mass is 32.2. The van der Waals surface area contributed by atoms with Crippen LogP contribution in [-0.2, 0) is 9.59 Å². The fourth-order valence-corrected chi connectivity index (χ4v) is 2.54. The van der Waals surface area contributed by atoms with Crippen molar-refractivity contribution >= 4 is 35.5 Å². The Morgan fingerprint density at radius 3 is 2.13 bits per heavy atom. The molecule has 15 heavy (non-hydrogen) atoms. The van der Waals surface area contributed by atoms with Crippen molar-refractivity contribution in [2.24, 2.45) is 5.73 Å². The number of rotatable bonds is 8. The minimum Gasteiger partial charge on any atom is -0.480 e. The molecule has 0 spiro atoms. The zero-order valence-electron chi connectivity index (χ0n) is 7.83. The SMILES string of the molecule is NC(CSCSCC(O)C(=O)O)C(=O)O. The van der Waals surface area contributed by atoms with Gasteiger partial charge in [0.2, 0.25) is 0 Å². The van der Waals surface area contributed by atoms with Crippen LogP contribution in [0.3, 0.4) is 0 Å². The van der Waals surface area contributed by atoms with Gasteiger partial charge >= 0.3 is 11.9 Å². The molecule has 0 radical (unpaired) electrons. The van der Waals surface area contributed by atoms with Crippen molar-refractivity contribution in [2.75, 3.05) is 16.6 Å². The Morgan fingerprint density at radius 2 is 1.67 bits per heavy atom. The fourth-order valence-electron chi connectivity index (χ4n) is 0.536. The molecule has 0 saturated carbocycles. The van der Waals surface area contributed by atoms with Crippen LogP contribution >= 0.6 is 23.5 Å². The molecule has 5 N–H and O–H groups in total. The number of carboxylic acids is 2. The summed E-state index contributed by atoms with van der Waals surface area (Å²) in [5.41, 5.74) is 5.23. The van der Waals surface area contributed by atoms with Crippen molar-refractivity contribution in [1.29, 1.82) is 0 Å². The van der Waals surface area contributed by atoms with Gasteiger partial charge in [0, 0.05) is 16.6 Å². The molecular formula is C7H13NO5S2. The molecular weight excluding hydrogens is 242 g/mol. The van der Waals surface area contributed by atoms with Gasteiger partial charge in [-0.1, -0.05) is 0 Å². The first-order chi connectivity index (χ1) is 6.95. The van der Waals surface area contributed by atoms with Crippen LogP contribution in [0.5, 0.6) is 0 Å². The highest BCUT2D eigenvalue weighted by Gasteiger charge is 2.13. The van der Waals surface area contributed by atoms with Gasteiger partial charge in [-0.2, -0.15) is 0 Å². The molecule has 0 aromatic rings. The Bertz CT molecular complexity index is 203. The maximum absolute atomic E-state index is 10.3. The minimum atomic E-state index is -1.37. The quantitative estimate of drug-likeness (QED) is 0.331. The number of aliphatic carboxylic acids is 2. The van der Waals surface area contributed by atoms with Gasteiger partial charge in [0.05, 0.1) is 0 Å². The summed E-state index contributed by atoms with van der Waals surface area (Å²) in [5, 5.41) is 26.1. The summed E-state index contributed by atoms with van der Waals surface area (Å²) < 4.78 is 0. The zero-order chi connectivity index (χ0) is 11.8. The predicted molar refractivity (Wildman–Crippen MR) is 59.0 cm³/mol. The van der Waals surface area contributed by atoms with E-state index in [0.717, 1.165) is 0 Å². The number of aliphatic hydroxyl groups is 1. The van der Waals surface area contributed by atoms with E-state index in [0.29, 0.717) is 5.08 Å². The fraction of sp³-hybridized carbons (Fsp3) is 0.714. The first-order valence-electron chi connectivity index (χ1n) is 4.00. The Kier molecular flexibility index (Phi) is 7.57. The lowest BCUT2D eigenvalue weighted by molar-refractivity contribution is -0.145. The number of carboxylic acid groups (broad SMARTS) is 2. The molecule has 88 valence electrons.